The van der Waals surface area contributed by atoms with Gasteiger partial charge in [-0.2, -0.15) is 0 Å². The summed E-state index contributed by atoms with van der Waals surface area (Å²) < 4.78 is 41.3. The van der Waals surface area contributed by atoms with E-state index in [0.717, 1.165) is 16.0 Å². The maximum absolute atomic E-state index is 13.8. The van der Waals surface area contributed by atoms with Crippen LogP contribution in [0.1, 0.15) is 24.1 Å². The summed E-state index contributed by atoms with van der Waals surface area (Å²) in [4.78, 5) is 13.2. The van der Waals surface area contributed by atoms with Gasteiger partial charge in [-0.1, -0.05) is 12.1 Å². The molecule has 0 saturated carbocycles. The first kappa shape index (κ1) is 21.8. The molecule has 7 nitrogen and oxygen atoms in total. The Kier molecular flexibility index (Phi) is 7.11. The van der Waals surface area contributed by atoms with Gasteiger partial charge in [0.1, 0.15) is 6.54 Å². The van der Waals surface area contributed by atoms with Crippen molar-refractivity contribution in [3.8, 4) is 5.75 Å². The molecule has 9 heteroatoms. The molecule has 2 aromatic carbocycles. The number of nitrogens with two attached hydrogens (primary N) is 1. The summed E-state index contributed by atoms with van der Waals surface area (Å²) >= 11 is 0. The molecule has 1 unspecified atom stereocenters. The Morgan fingerprint density at radius 2 is 1.89 bits per heavy atom. The van der Waals surface area contributed by atoms with E-state index in [1.165, 1.54) is 25.3 Å². The highest BCUT2D eigenvalue weighted by Gasteiger charge is 2.16. The van der Waals surface area contributed by atoms with E-state index < -0.39 is 15.8 Å². The number of likely N-dealkylation sites (N-methyl/N-ethyl adjacent to an activating group) is 1. The molecule has 0 aromatic heterocycles. The molecule has 1 amide bonds. The van der Waals surface area contributed by atoms with E-state index in [0.29, 0.717) is 6.54 Å². The predicted molar refractivity (Wildman–Crippen MR) is 103 cm³/mol. The largest absolute Gasteiger partial charge is 0.494 e. The van der Waals surface area contributed by atoms with Crippen LogP contribution in [0.4, 0.5) is 4.39 Å². The topological polar surface area (TPSA) is 103 Å². The van der Waals surface area contributed by atoms with Crippen molar-refractivity contribution >= 4 is 15.9 Å². The second kappa shape index (κ2) is 9.13. The number of nitrogens with one attached hydrogen (secondary N) is 2. The molecule has 2 rings (SSSR count). The summed E-state index contributed by atoms with van der Waals surface area (Å²) in [5.74, 6) is -0.426. The third-order valence-corrected chi connectivity index (χ3v) is 5.20. The second-order valence-electron chi connectivity index (χ2n) is 6.68. The Labute approximate surface area is 164 Å². The summed E-state index contributed by atoms with van der Waals surface area (Å²) in [7, 11) is -0.500. The van der Waals surface area contributed by atoms with Crippen molar-refractivity contribution in [3.05, 3.63) is 59.4 Å². The van der Waals surface area contributed by atoms with Crippen LogP contribution in [-0.4, -0.2) is 35.0 Å². The standard InChI is InChI=1S/C19H24FN3O4S/c1-13(15-5-7-16(8-6-15)28(21,25)26)22-19(24)12-23(2)11-14-4-9-18(27-3)17(20)10-14/h4-10,13H,11-12H2,1-3H3,(H,22,24)(H2,21,25,26)/p+1/t13-/m0/s1. The van der Waals surface area contributed by atoms with Crippen LogP contribution >= 0.6 is 0 Å². The minimum Gasteiger partial charge on any atom is -0.494 e. The number of amides is 1. The average Bonchev–Trinajstić information content (AvgIpc) is 2.61. The number of methoxy groups -OCH3 is 1. The number of primary sulfonamides is 1. The molecular weight excluding hydrogens is 385 g/mol. The first-order valence-electron chi connectivity index (χ1n) is 8.66. The van der Waals surface area contributed by atoms with Crippen LogP contribution in [0.15, 0.2) is 47.4 Å². The number of carbonyl (C=O) groups is 1. The van der Waals surface area contributed by atoms with E-state index in [4.69, 9.17) is 9.88 Å². The maximum atomic E-state index is 13.8. The van der Waals surface area contributed by atoms with Crippen LogP contribution in [0, 0.1) is 5.82 Å². The Morgan fingerprint density at radius 1 is 1.25 bits per heavy atom. The van der Waals surface area contributed by atoms with Gasteiger partial charge in [-0.15, -0.1) is 0 Å². The summed E-state index contributed by atoms with van der Waals surface area (Å²) in [5.41, 5.74) is 1.52. The van der Waals surface area contributed by atoms with Gasteiger partial charge in [-0.3, -0.25) is 4.79 Å². The Hall–Kier alpha value is -2.49. The molecular formula is C19H25FN3O4S+. The van der Waals surface area contributed by atoms with Crippen molar-refractivity contribution in [2.45, 2.75) is 24.4 Å². The highest BCUT2D eigenvalue weighted by atomic mass is 32.2. The Bertz CT molecular complexity index is 933. The molecule has 2 atom stereocenters. The summed E-state index contributed by atoms with van der Waals surface area (Å²) in [6.07, 6.45) is 0. The molecule has 0 saturated heterocycles. The first-order chi connectivity index (χ1) is 13.1. The van der Waals surface area contributed by atoms with Gasteiger partial charge in [0.05, 0.1) is 25.1 Å². The van der Waals surface area contributed by atoms with Crippen LogP contribution in [-0.2, 0) is 21.4 Å². The number of quaternary nitrogens is 1. The van der Waals surface area contributed by atoms with Crippen LogP contribution in [0.25, 0.3) is 0 Å². The minimum absolute atomic E-state index is 0.0191. The smallest absolute Gasteiger partial charge is 0.275 e. The number of hydrogen-bond acceptors (Lipinski definition) is 4. The molecule has 0 aliphatic rings. The Morgan fingerprint density at radius 3 is 2.43 bits per heavy atom. The normalized spacial score (nSPS) is 13.6. The van der Waals surface area contributed by atoms with E-state index in [1.54, 1.807) is 31.2 Å². The molecule has 0 spiro atoms. The molecule has 0 aliphatic heterocycles. The van der Waals surface area contributed by atoms with Gasteiger partial charge in [0.15, 0.2) is 18.1 Å². The highest BCUT2D eigenvalue weighted by Crippen LogP contribution is 2.17. The van der Waals surface area contributed by atoms with Crippen LogP contribution in [0.3, 0.4) is 0 Å². The summed E-state index contributed by atoms with van der Waals surface area (Å²) in [5, 5.41) is 7.94. The lowest BCUT2D eigenvalue weighted by molar-refractivity contribution is -0.885. The number of carbonyl (C=O) groups excluding carboxylic acids is 1. The van der Waals surface area contributed by atoms with Gasteiger partial charge in [0, 0.05) is 5.56 Å². The third kappa shape index (κ3) is 6.01. The van der Waals surface area contributed by atoms with Gasteiger partial charge in [-0.25, -0.2) is 17.9 Å². The fourth-order valence-electron chi connectivity index (χ4n) is 2.83. The van der Waals surface area contributed by atoms with Gasteiger partial charge in [0.2, 0.25) is 10.0 Å². The molecule has 28 heavy (non-hydrogen) atoms. The van der Waals surface area contributed by atoms with Crippen LogP contribution < -0.4 is 20.1 Å². The zero-order chi connectivity index (χ0) is 20.9. The molecule has 152 valence electrons. The SMILES string of the molecule is COc1ccc(C[NH+](C)CC(=O)N[C@@H](C)c2ccc(S(N)(=O)=O)cc2)cc1F. The van der Waals surface area contributed by atoms with Crippen molar-refractivity contribution in [2.75, 3.05) is 20.7 Å². The lowest BCUT2D eigenvalue weighted by Crippen LogP contribution is -3.08. The van der Waals surface area contributed by atoms with Gasteiger partial charge < -0.3 is 15.0 Å². The number of ether oxygens (including phenoxy) is 1. The van der Waals surface area contributed by atoms with Crippen molar-refractivity contribution < 1.29 is 27.2 Å². The molecule has 2 aromatic rings. The van der Waals surface area contributed by atoms with Gasteiger partial charge >= 0.3 is 0 Å². The lowest BCUT2D eigenvalue weighted by Gasteiger charge is -2.18. The minimum atomic E-state index is -3.75. The molecule has 0 fully saturated rings. The van der Waals surface area contributed by atoms with Crippen molar-refractivity contribution in [3.63, 3.8) is 0 Å². The molecule has 0 bridgehead atoms. The first-order valence-corrected chi connectivity index (χ1v) is 10.2. The van der Waals surface area contributed by atoms with Crippen molar-refractivity contribution in [1.29, 1.82) is 0 Å². The van der Waals surface area contributed by atoms with E-state index in [-0.39, 0.29) is 29.1 Å². The maximum Gasteiger partial charge on any atom is 0.275 e. The fourth-order valence-corrected chi connectivity index (χ4v) is 3.34. The molecule has 0 aliphatic carbocycles. The van der Waals surface area contributed by atoms with E-state index in [1.807, 2.05) is 7.05 Å². The van der Waals surface area contributed by atoms with Crippen molar-refractivity contribution in [1.82, 2.24) is 5.32 Å². The van der Waals surface area contributed by atoms with Crippen LogP contribution in [0.2, 0.25) is 0 Å². The zero-order valence-corrected chi connectivity index (χ0v) is 16.8. The fraction of sp³-hybridized carbons (Fsp3) is 0.316. The molecule has 0 heterocycles. The molecule has 4 N–H and O–H groups in total. The third-order valence-electron chi connectivity index (χ3n) is 4.27. The Balaban J connectivity index is 1.91. The number of hydrogen-bond donors (Lipinski definition) is 3. The van der Waals surface area contributed by atoms with Gasteiger partial charge in [-0.05, 0) is 42.8 Å². The predicted octanol–water partition coefficient (Wildman–Crippen LogP) is 0.374. The monoisotopic (exact) mass is 410 g/mol. The van der Waals surface area contributed by atoms with Gasteiger partial charge in [0.25, 0.3) is 5.91 Å². The summed E-state index contributed by atoms with van der Waals surface area (Å²) in [6, 6.07) is 10.5. The zero-order valence-electron chi connectivity index (χ0n) is 16.0. The second-order valence-corrected chi connectivity index (χ2v) is 8.24. The van der Waals surface area contributed by atoms with Crippen molar-refractivity contribution in [2.24, 2.45) is 5.14 Å². The molecule has 0 radical (unpaired) electrons. The van der Waals surface area contributed by atoms with Crippen LogP contribution in [0.5, 0.6) is 5.75 Å². The van der Waals surface area contributed by atoms with E-state index >= 15 is 0 Å². The quantitative estimate of drug-likeness (QED) is 0.585. The lowest BCUT2D eigenvalue weighted by atomic mass is 10.1. The number of rotatable bonds is 8. The van der Waals surface area contributed by atoms with E-state index in [9.17, 15) is 17.6 Å². The van der Waals surface area contributed by atoms with E-state index in [2.05, 4.69) is 5.32 Å². The average molecular weight is 410 g/mol. The number of halogens is 1. The summed E-state index contributed by atoms with van der Waals surface area (Å²) in [6.45, 7) is 2.48. The highest BCUT2D eigenvalue weighted by molar-refractivity contribution is 7.89. The number of benzene rings is 2. The number of sulfonamides is 1.